The van der Waals surface area contributed by atoms with Gasteiger partial charge in [-0.15, -0.1) is 0 Å². The van der Waals surface area contributed by atoms with Crippen molar-refractivity contribution in [2.45, 2.75) is 32.6 Å². The van der Waals surface area contributed by atoms with E-state index in [0.29, 0.717) is 29.4 Å². The quantitative estimate of drug-likeness (QED) is 0.881. The zero-order chi connectivity index (χ0) is 18.0. The molecule has 2 N–H and O–H groups in total. The van der Waals surface area contributed by atoms with E-state index >= 15 is 0 Å². The molecule has 1 aromatic carbocycles. The van der Waals surface area contributed by atoms with Crippen LogP contribution in [0.15, 0.2) is 24.4 Å². The number of amides is 2. The molecule has 7 heteroatoms. The van der Waals surface area contributed by atoms with Gasteiger partial charge in [0.25, 0.3) is 5.91 Å². The summed E-state index contributed by atoms with van der Waals surface area (Å²) in [6.45, 7) is 4.67. The number of piperidine rings is 1. The maximum atomic E-state index is 12.8. The van der Waals surface area contributed by atoms with Gasteiger partial charge in [0.2, 0.25) is 5.91 Å². The van der Waals surface area contributed by atoms with E-state index in [1.807, 2.05) is 24.0 Å². The minimum atomic E-state index is -0.138. The average Bonchev–Trinajstić information content (AvgIpc) is 3.04. The molecule has 0 bridgehead atoms. The topological polar surface area (TPSA) is 78.1 Å². The van der Waals surface area contributed by atoms with Crippen molar-refractivity contribution < 1.29 is 9.59 Å². The van der Waals surface area contributed by atoms with E-state index in [-0.39, 0.29) is 17.7 Å². The molecular weight excluding hydrogens is 340 g/mol. The van der Waals surface area contributed by atoms with Gasteiger partial charge >= 0.3 is 0 Å². The maximum absolute atomic E-state index is 12.8. The smallest absolute Gasteiger partial charge is 0.253 e. The van der Waals surface area contributed by atoms with E-state index in [4.69, 9.17) is 11.6 Å². The summed E-state index contributed by atoms with van der Waals surface area (Å²) in [5, 5.41) is 10.4. The van der Waals surface area contributed by atoms with Crippen molar-refractivity contribution >= 4 is 29.1 Å². The summed E-state index contributed by atoms with van der Waals surface area (Å²) in [5.74, 6) is -0.0455. The van der Waals surface area contributed by atoms with Gasteiger partial charge in [-0.25, -0.2) is 0 Å². The van der Waals surface area contributed by atoms with E-state index in [9.17, 15) is 9.59 Å². The number of aromatic amines is 1. The second-order valence-corrected chi connectivity index (χ2v) is 6.84. The molecule has 1 aliphatic rings. The first-order valence-corrected chi connectivity index (χ1v) is 8.69. The van der Waals surface area contributed by atoms with E-state index in [0.717, 1.165) is 24.1 Å². The maximum Gasteiger partial charge on any atom is 0.253 e. The third-order valence-corrected chi connectivity index (χ3v) is 4.92. The summed E-state index contributed by atoms with van der Waals surface area (Å²) in [4.78, 5) is 26.0. The van der Waals surface area contributed by atoms with E-state index < -0.39 is 0 Å². The number of benzene rings is 1. The van der Waals surface area contributed by atoms with Gasteiger partial charge < -0.3 is 10.2 Å². The summed E-state index contributed by atoms with van der Waals surface area (Å²) >= 11 is 6.15. The number of nitrogens with one attached hydrogen (secondary N) is 2. The standard InChI is InChI=1S/C18H21ClN4O2/c1-11-5-6-13(8-15(11)19)18(25)23-7-3-4-14(10-23)17-16(9-20-22-17)21-12(2)24/h5-6,8-9,14H,3-4,7,10H2,1-2H3,(H,20,22)(H,21,24)/t14-/m0/s1. The number of hydrogen-bond acceptors (Lipinski definition) is 3. The SMILES string of the molecule is CC(=O)Nc1cn[nH]c1[C@H]1CCCN(C(=O)c2ccc(C)c(Cl)c2)C1. The van der Waals surface area contributed by atoms with Crippen molar-refractivity contribution in [3.05, 3.63) is 46.2 Å². The van der Waals surface area contributed by atoms with Gasteiger partial charge in [0.15, 0.2) is 0 Å². The van der Waals surface area contributed by atoms with Crippen molar-refractivity contribution in [3.8, 4) is 0 Å². The zero-order valence-corrected chi connectivity index (χ0v) is 15.1. The lowest BCUT2D eigenvalue weighted by Crippen LogP contribution is -2.39. The Morgan fingerprint density at radius 1 is 1.40 bits per heavy atom. The summed E-state index contributed by atoms with van der Waals surface area (Å²) in [6, 6.07) is 5.40. The van der Waals surface area contributed by atoms with Gasteiger partial charge in [-0.05, 0) is 37.5 Å². The monoisotopic (exact) mass is 360 g/mol. The fourth-order valence-corrected chi connectivity index (χ4v) is 3.38. The van der Waals surface area contributed by atoms with E-state index in [1.165, 1.54) is 6.92 Å². The Balaban J connectivity index is 1.77. The number of carbonyl (C=O) groups is 2. The first-order chi connectivity index (χ1) is 12.0. The van der Waals surface area contributed by atoms with Crippen molar-refractivity contribution in [1.82, 2.24) is 15.1 Å². The van der Waals surface area contributed by atoms with Crippen LogP contribution in [0.1, 0.15) is 47.3 Å². The van der Waals surface area contributed by atoms with Gasteiger partial charge in [0.05, 0.1) is 17.6 Å². The third-order valence-electron chi connectivity index (χ3n) is 4.52. The molecule has 2 heterocycles. The van der Waals surface area contributed by atoms with Crippen LogP contribution in [0.3, 0.4) is 0 Å². The van der Waals surface area contributed by atoms with Crippen LogP contribution in [0, 0.1) is 6.92 Å². The number of rotatable bonds is 3. The molecule has 0 aliphatic carbocycles. The molecule has 0 spiro atoms. The number of likely N-dealkylation sites (tertiary alicyclic amines) is 1. The lowest BCUT2D eigenvalue weighted by Gasteiger charge is -2.32. The van der Waals surface area contributed by atoms with Crippen LogP contribution in [-0.2, 0) is 4.79 Å². The molecule has 6 nitrogen and oxygen atoms in total. The number of anilines is 1. The second-order valence-electron chi connectivity index (χ2n) is 6.43. The Labute approximate surface area is 151 Å². The minimum Gasteiger partial charge on any atom is -0.338 e. The van der Waals surface area contributed by atoms with Gasteiger partial charge in [0, 0.05) is 36.5 Å². The van der Waals surface area contributed by atoms with Crippen LogP contribution >= 0.6 is 11.6 Å². The first-order valence-electron chi connectivity index (χ1n) is 8.32. The van der Waals surface area contributed by atoms with Crippen molar-refractivity contribution in [2.24, 2.45) is 0 Å². The van der Waals surface area contributed by atoms with E-state index in [1.54, 1.807) is 12.3 Å². The highest BCUT2D eigenvalue weighted by molar-refractivity contribution is 6.31. The molecule has 0 radical (unpaired) electrons. The molecule has 2 aromatic rings. The highest BCUT2D eigenvalue weighted by Crippen LogP contribution is 2.31. The fourth-order valence-electron chi connectivity index (χ4n) is 3.20. The van der Waals surface area contributed by atoms with Gasteiger partial charge in [-0.1, -0.05) is 17.7 Å². The molecule has 1 aliphatic heterocycles. The van der Waals surface area contributed by atoms with Gasteiger partial charge in [0.1, 0.15) is 0 Å². The van der Waals surface area contributed by atoms with Crippen LogP contribution < -0.4 is 5.32 Å². The predicted octanol–water partition coefficient (Wildman–Crippen LogP) is 3.35. The zero-order valence-electron chi connectivity index (χ0n) is 14.3. The van der Waals surface area contributed by atoms with E-state index in [2.05, 4.69) is 15.5 Å². The summed E-state index contributed by atoms with van der Waals surface area (Å²) in [5.41, 5.74) is 3.11. The average molecular weight is 361 g/mol. The Morgan fingerprint density at radius 2 is 2.20 bits per heavy atom. The molecule has 3 rings (SSSR count). The molecule has 0 saturated carbocycles. The molecule has 1 fully saturated rings. The van der Waals surface area contributed by atoms with Crippen LogP contribution in [0.5, 0.6) is 0 Å². The highest BCUT2D eigenvalue weighted by Gasteiger charge is 2.28. The lowest BCUT2D eigenvalue weighted by molar-refractivity contribution is -0.114. The number of nitrogens with zero attached hydrogens (tertiary/aromatic N) is 2. The van der Waals surface area contributed by atoms with Crippen molar-refractivity contribution in [2.75, 3.05) is 18.4 Å². The minimum absolute atomic E-state index is 0.0211. The molecule has 0 unspecified atom stereocenters. The first kappa shape index (κ1) is 17.5. The van der Waals surface area contributed by atoms with Crippen LogP contribution in [-0.4, -0.2) is 40.0 Å². The Morgan fingerprint density at radius 3 is 2.92 bits per heavy atom. The Kier molecular flexibility index (Phi) is 5.08. The highest BCUT2D eigenvalue weighted by atomic mass is 35.5. The largest absolute Gasteiger partial charge is 0.338 e. The number of aryl methyl sites for hydroxylation is 1. The van der Waals surface area contributed by atoms with Gasteiger partial charge in [-0.2, -0.15) is 5.10 Å². The lowest BCUT2D eigenvalue weighted by atomic mass is 9.93. The number of carbonyl (C=O) groups excluding carboxylic acids is 2. The molecule has 1 aromatic heterocycles. The van der Waals surface area contributed by atoms with Crippen molar-refractivity contribution in [3.63, 3.8) is 0 Å². The molecule has 1 atom stereocenters. The van der Waals surface area contributed by atoms with Crippen LogP contribution in [0.2, 0.25) is 5.02 Å². The third kappa shape index (κ3) is 3.85. The van der Waals surface area contributed by atoms with Crippen molar-refractivity contribution in [1.29, 1.82) is 0 Å². The molecule has 132 valence electrons. The molecule has 2 amide bonds. The normalized spacial score (nSPS) is 17.4. The Hall–Kier alpha value is -2.34. The second kappa shape index (κ2) is 7.27. The fraction of sp³-hybridized carbons (Fsp3) is 0.389. The molecular formula is C18H21ClN4O2. The summed E-state index contributed by atoms with van der Waals surface area (Å²) in [6.07, 6.45) is 3.44. The Bertz CT molecular complexity index is 802. The van der Waals surface area contributed by atoms with Crippen LogP contribution in [0.25, 0.3) is 0 Å². The number of aromatic nitrogens is 2. The number of H-pyrrole nitrogens is 1. The molecule has 25 heavy (non-hydrogen) atoms. The predicted molar refractivity (Wildman–Crippen MR) is 97.0 cm³/mol. The summed E-state index contributed by atoms with van der Waals surface area (Å²) in [7, 11) is 0. The number of halogens is 1. The molecule has 1 saturated heterocycles. The summed E-state index contributed by atoms with van der Waals surface area (Å²) < 4.78 is 0. The number of hydrogen-bond donors (Lipinski definition) is 2. The van der Waals surface area contributed by atoms with Gasteiger partial charge in [-0.3, -0.25) is 14.7 Å². The van der Waals surface area contributed by atoms with Crippen LogP contribution in [0.4, 0.5) is 5.69 Å².